The number of fused-ring (bicyclic) bond motifs is 1. The molecule has 0 bridgehead atoms. The van der Waals surface area contributed by atoms with Gasteiger partial charge in [-0.1, -0.05) is 12.1 Å². The third-order valence-electron chi connectivity index (χ3n) is 3.20. The summed E-state index contributed by atoms with van der Waals surface area (Å²) in [5.74, 6) is 1.04. The molecule has 0 atom stereocenters. The average Bonchev–Trinajstić information content (AvgIpc) is 2.82. The van der Waals surface area contributed by atoms with Crippen molar-refractivity contribution in [3.05, 3.63) is 30.1 Å². The number of hydrogen-bond donors (Lipinski definition) is 0. The maximum absolute atomic E-state index is 12.1. The molecular weight excluding hydrogens is 298 g/mol. The second-order valence-electron chi connectivity index (χ2n) is 5.94. The number of nitrogens with zero attached hydrogens (tertiary/aromatic N) is 3. The van der Waals surface area contributed by atoms with Crippen molar-refractivity contribution in [2.45, 2.75) is 13.2 Å². The van der Waals surface area contributed by atoms with E-state index in [0.29, 0.717) is 12.4 Å². The highest BCUT2D eigenvalue weighted by Crippen LogP contribution is 2.33. The molecule has 2 aromatic rings. The summed E-state index contributed by atoms with van der Waals surface area (Å²) in [7, 11) is -0.603. The minimum absolute atomic E-state index is 0.171. The highest BCUT2D eigenvalue weighted by molar-refractivity contribution is 8.32. The van der Waals surface area contributed by atoms with E-state index in [9.17, 15) is 4.79 Å². The average molecular weight is 319 g/mol. The van der Waals surface area contributed by atoms with Crippen LogP contribution >= 0.6 is 10.0 Å². The van der Waals surface area contributed by atoms with Gasteiger partial charge in [-0.3, -0.25) is 9.36 Å². The summed E-state index contributed by atoms with van der Waals surface area (Å²) in [6, 6.07) is 9.42. The van der Waals surface area contributed by atoms with Crippen molar-refractivity contribution >= 4 is 26.8 Å². The number of ether oxygens (including phenoxy) is 1. The molecule has 0 amide bonds. The predicted octanol–water partition coefficient (Wildman–Crippen LogP) is 2.80. The van der Waals surface area contributed by atoms with Gasteiger partial charge in [0.15, 0.2) is 5.82 Å². The molecule has 1 heterocycles. The Bertz CT molecular complexity index is 710. The Morgan fingerprint density at radius 1 is 1.36 bits per heavy atom. The van der Waals surface area contributed by atoms with E-state index in [4.69, 9.17) is 10.00 Å². The van der Waals surface area contributed by atoms with Crippen LogP contribution in [0.1, 0.15) is 17.0 Å². The normalized spacial score (nSPS) is 12.3. The third-order valence-corrected chi connectivity index (χ3v) is 4.60. The number of hydrogen-bond acceptors (Lipinski definition) is 4. The molecule has 0 fully saturated rings. The molecule has 0 N–H and O–H groups in total. The van der Waals surface area contributed by atoms with E-state index in [2.05, 4.69) is 23.8 Å². The topological polar surface area (TPSA) is 67.9 Å². The first-order chi connectivity index (χ1) is 10.4. The zero-order valence-electron chi connectivity index (χ0n) is 13.2. The van der Waals surface area contributed by atoms with Crippen LogP contribution in [0.3, 0.4) is 0 Å². The van der Waals surface area contributed by atoms with E-state index < -0.39 is 10.0 Å². The molecule has 0 saturated carbocycles. The highest BCUT2D eigenvalue weighted by atomic mass is 32.3. The second-order valence-corrected chi connectivity index (χ2v) is 10.5. The lowest BCUT2D eigenvalue weighted by Gasteiger charge is -2.24. The molecule has 0 aliphatic rings. The summed E-state index contributed by atoms with van der Waals surface area (Å²) in [6.45, 7) is 0.930. The lowest BCUT2D eigenvalue weighted by molar-refractivity contribution is 0.0837. The van der Waals surface area contributed by atoms with Gasteiger partial charge in [0, 0.05) is 5.75 Å². The van der Waals surface area contributed by atoms with Crippen LogP contribution in [0.15, 0.2) is 24.3 Å². The summed E-state index contributed by atoms with van der Waals surface area (Å²) in [4.78, 5) is 16.4. The van der Waals surface area contributed by atoms with Crippen molar-refractivity contribution in [2.75, 3.05) is 31.1 Å². The summed E-state index contributed by atoms with van der Waals surface area (Å²) >= 11 is 0. The van der Waals surface area contributed by atoms with Crippen LogP contribution in [0.5, 0.6) is 0 Å². The predicted molar refractivity (Wildman–Crippen MR) is 90.5 cm³/mol. The molecule has 2 rings (SSSR count). The van der Waals surface area contributed by atoms with Crippen LogP contribution < -0.4 is 0 Å². The molecule has 1 aromatic carbocycles. The first kappa shape index (κ1) is 16.5. The number of imidazole rings is 1. The van der Waals surface area contributed by atoms with Gasteiger partial charge < -0.3 is 4.74 Å². The van der Waals surface area contributed by atoms with Gasteiger partial charge in [-0.2, -0.15) is 5.26 Å². The lowest BCUT2D eigenvalue weighted by atomic mass is 10.3. The summed E-state index contributed by atoms with van der Waals surface area (Å²) < 4.78 is 7.50. The van der Waals surface area contributed by atoms with E-state index in [1.807, 2.05) is 30.3 Å². The number of nitriles is 1. The fourth-order valence-corrected chi connectivity index (χ4v) is 2.65. The summed E-state index contributed by atoms with van der Waals surface area (Å²) in [6.07, 6.45) is 6.55. The zero-order chi connectivity index (χ0) is 16.2. The summed E-state index contributed by atoms with van der Waals surface area (Å²) in [5, 5.41) is 8.73. The van der Waals surface area contributed by atoms with Gasteiger partial charge in [0.25, 0.3) is 0 Å². The maximum Gasteiger partial charge on any atom is 0.212 e. The van der Waals surface area contributed by atoms with E-state index in [1.54, 1.807) is 4.57 Å². The molecule has 5 nitrogen and oxygen atoms in total. The van der Waals surface area contributed by atoms with Crippen LogP contribution in [0, 0.1) is 11.3 Å². The van der Waals surface area contributed by atoms with Crippen molar-refractivity contribution in [1.29, 1.82) is 5.26 Å². The zero-order valence-corrected chi connectivity index (χ0v) is 14.0. The van der Waals surface area contributed by atoms with Crippen molar-refractivity contribution in [2.24, 2.45) is 0 Å². The Balaban J connectivity index is 2.20. The highest BCUT2D eigenvalue weighted by Gasteiger charge is 2.17. The molecule has 0 spiro atoms. The number of aromatic nitrogens is 2. The molecule has 6 heteroatoms. The number of carbonyl (C=O) groups is 1. The Hall–Kier alpha value is -1.84. The number of carbonyl (C=O) groups excluding carboxylic acids is 1. The van der Waals surface area contributed by atoms with E-state index >= 15 is 0 Å². The van der Waals surface area contributed by atoms with Crippen LogP contribution in [0.4, 0.5) is 0 Å². The Morgan fingerprint density at radius 2 is 2.09 bits per heavy atom. The molecule has 0 unspecified atom stereocenters. The first-order valence-electron chi connectivity index (χ1n) is 7.01. The van der Waals surface area contributed by atoms with Crippen molar-refractivity contribution in [3.8, 4) is 6.07 Å². The monoisotopic (exact) mass is 319 g/mol. The molecular formula is C16H21N3O2S. The quantitative estimate of drug-likeness (QED) is 0.581. The number of para-hydroxylation sites is 2. The third kappa shape index (κ3) is 4.09. The van der Waals surface area contributed by atoms with Crippen LogP contribution in [-0.2, 0) is 11.5 Å². The van der Waals surface area contributed by atoms with E-state index in [-0.39, 0.29) is 18.9 Å². The van der Waals surface area contributed by atoms with Crippen LogP contribution in [0.2, 0.25) is 0 Å². The van der Waals surface area contributed by atoms with Gasteiger partial charge in [0.05, 0.1) is 23.7 Å². The smallest absolute Gasteiger partial charge is 0.212 e. The molecule has 0 aliphatic carbocycles. The SMILES string of the molecule is CS(C)(C)CCOCn1c(C(=O)CC#N)nc2ccccc21. The standard InChI is InChI=1S/C16H21N3O2S/c1-22(2,3)11-10-21-12-19-14-7-5-4-6-13(14)18-16(19)15(20)8-9-17/h4-7H,8,10-12H2,1-3H3. The van der Waals surface area contributed by atoms with Gasteiger partial charge in [-0.25, -0.2) is 15.0 Å². The second kappa shape index (κ2) is 6.95. The largest absolute Gasteiger partial charge is 0.360 e. The van der Waals surface area contributed by atoms with Gasteiger partial charge in [0.1, 0.15) is 13.2 Å². The van der Waals surface area contributed by atoms with Crippen LogP contribution in [-0.4, -0.2) is 46.5 Å². The Labute approximate surface area is 132 Å². The number of rotatable bonds is 7. The maximum atomic E-state index is 12.1. The minimum Gasteiger partial charge on any atom is -0.360 e. The number of ketones is 1. The molecule has 0 saturated heterocycles. The number of benzene rings is 1. The van der Waals surface area contributed by atoms with Gasteiger partial charge in [-0.15, -0.1) is 0 Å². The Morgan fingerprint density at radius 3 is 2.77 bits per heavy atom. The summed E-state index contributed by atoms with van der Waals surface area (Å²) in [5.41, 5.74) is 1.60. The van der Waals surface area contributed by atoms with Crippen molar-refractivity contribution < 1.29 is 9.53 Å². The first-order valence-corrected chi connectivity index (χ1v) is 10.0. The molecule has 0 aliphatic heterocycles. The van der Waals surface area contributed by atoms with Gasteiger partial charge >= 0.3 is 0 Å². The minimum atomic E-state index is -0.603. The molecule has 1 aromatic heterocycles. The number of Topliss-reactive ketones (excluding diaryl/α,β-unsaturated/α-hetero) is 1. The molecule has 0 radical (unpaired) electrons. The Kier molecular flexibility index (Phi) is 5.22. The molecule has 22 heavy (non-hydrogen) atoms. The van der Waals surface area contributed by atoms with E-state index in [1.165, 1.54) is 0 Å². The molecule has 118 valence electrons. The fourth-order valence-electron chi connectivity index (χ4n) is 2.03. The lowest BCUT2D eigenvalue weighted by Crippen LogP contribution is -2.14. The van der Waals surface area contributed by atoms with Gasteiger partial charge in [-0.05, 0) is 30.9 Å². The fraction of sp³-hybridized carbons (Fsp3) is 0.438. The van der Waals surface area contributed by atoms with Gasteiger partial charge in [0.2, 0.25) is 5.78 Å². The van der Waals surface area contributed by atoms with E-state index in [0.717, 1.165) is 16.8 Å². The van der Waals surface area contributed by atoms with Crippen molar-refractivity contribution in [1.82, 2.24) is 9.55 Å². The van der Waals surface area contributed by atoms with Crippen molar-refractivity contribution in [3.63, 3.8) is 0 Å². The van der Waals surface area contributed by atoms with Crippen LogP contribution in [0.25, 0.3) is 11.0 Å².